The first-order valence-electron chi connectivity index (χ1n) is 9.26. The third-order valence-corrected chi connectivity index (χ3v) is 5.92. The van der Waals surface area contributed by atoms with Crippen molar-refractivity contribution in [3.05, 3.63) is 53.7 Å². The van der Waals surface area contributed by atoms with E-state index in [1.165, 1.54) is 24.6 Å². The van der Waals surface area contributed by atoms with E-state index in [-0.39, 0.29) is 11.7 Å². The summed E-state index contributed by atoms with van der Waals surface area (Å²) in [6, 6.07) is 13.4. The van der Waals surface area contributed by atoms with Crippen LogP contribution >= 0.6 is 23.4 Å². The molecule has 0 saturated heterocycles. The average Bonchev–Trinajstić information content (AvgIpc) is 3.37. The highest BCUT2D eigenvalue weighted by Gasteiger charge is 2.21. The van der Waals surface area contributed by atoms with Gasteiger partial charge in [-0.3, -0.25) is 14.3 Å². The van der Waals surface area contributed by atoms with E-state index in [1.54, 1.807) is 6.20 Å². The number of carbonyl (C=O) groups excluding carboxylic acids is 1. The molecule has 3 aromatic rings. The molecule has 0 unspecified atom stereocenters. The number of nitrogens with one attached hydrogen (secondary N) is 1. The average molecular weight is 414 g/mol. The number of amides is 1. The van der Waals surface area contributed by atoms with E-state index >= 15 is 0 Å². The van der Waals surface area contributed by atoms with Gasteiger partial charge in [0.25, 0.3) is 0 Å². The molecule has 1 saturated carbocycles. The lowest BCUT2D eigenvalue weighted by atomic mass is 10.2. The number of nitrogens with zero attached hydrogens (tertiary/aromatic N) is 4. The summed E-state index contributed by atoms with van der Waals surface area (Å²) in [5.74, 6) is 0.888. The standard InChI is InChI=1S/C20H20ClN5OS/c21-15-9-3-4-11-17(15)26-19(16-10-5-6-12-22-16)24-25-20(26)28-13-18(27)23-14-7-1-2-8-14/h3-6,9-12,14H,1-2,7-8,13H2,(H,23,27). The summed E-state index contributed by atoms with van der Waals surface area (Å²) in [6.45, 7) is 0. The van der Waals surface area contributed by atoms with E-state index < -0.39 is 0 Å². The molecule has 1 aliphatic rings. The number of pyridine rings is 1. The Morgan fingerprint density at radius 1 is 1.14 bits per heavy atom. The Bertz CT molecular complexity index is 956. The monoisotopic (exact) mass is 413 g/mol. The van der Waals surface area contributed by atoms with Crippen molar-refractivity contribution in [2.75, 3.05) is 5.75 Å². The normalized spacial score (nSPS) is 14.3. The Kier molecular flexibility index (Phi) is 5.92. The van der Waals surface area contributed by atoms with Crippen LogP contribution in [0.5, 0.6) is 0 Å². The lowest BCUT2D eigenvalue weighted by Gasteiger charge is -2.13. The molecule has 6 nitrogen and oxygen atoms in total. The minimum atomic E-state index is 0.0185. The molecule has 28 heavy (non-hydrogen) atoms. The van der Waals surface area contributed by atoms with Crippen molar-refractivity contribution >= 4 is 29.3 Å². The molecular weight excluding hydrogens is 394 g/mol. The van der Waals surface area contributed by atoms with E-state index in [0.717, 1.165) is 18.5 Å². The van der Waals surface area contributed by atoms with Gasteiger partial charge >= 0.3 is 0 Å². The van der Waals surface area contributed by atoms with Crippen molar-refractivity contribution in [3.63, 3.8) is 0 Å². The molecule has 8 heteroatoms. The molecule has 1 aromatic carbocycles. The number of para-hydroxylation sites is 1. The smallest absolute Gasteiger partial charge is 0.230 e. The Morgan fingerprint density at radius 3 is 2.68 bits per heavy atom. The molecule has 0 aliphatic heterocycles. The van der Waals surface area contributed by atoms with Gasteiger partial charge in [0.15, 0.2) is 11.0 Å². The third kappa shape index (κ3) is 4.20. The molecule has 1 amide bonds. The minimum Gasteiger partial charge on any atom is -0.353 e. The second kappa shape index (κ2) is 8.75. The van der Waals surface area contributed by atoms with Crippen LogP contribution in [0.15, 0.2) is 53.8 Å². The van der Waals surface area contributed by atoms with Gasteiger partial charge in [-0.05, 0) is 37.1 Å². The molecule has 0 atom stereocenters. The summed E-state index contributed by atoms with van der Waals surface area (Å²) in [4.78, 5) is 16.7. The molecule has 2 aromatic heterocycles. The Hall–Kier alpha value is -2.38. The molecule has 1 fully saturated rings. The maximum Gasteiger partial charge on any atom is 0.230 e. The topological polar surface area (TPSA) is 72.7 Å². The number of halogens is 1. The Balaban J connectivity index is 1.61. The molecule has 0 bridgehead atoms. The Labute approximate surface area is 172 Å². The van der Waals surface area contributed by atoms with Crippen LogP contribution in [0, 0.1) is 0 Å². The fraction of sp³-hybridized carbons (Fsp3) is 0.300. The first-order valence-corrected chi connectivity index (χ1v) is 10.6. The highest BCUT2D eigenvalue weighted by molar-refractivity contribution is 7.99. The van der Waals surface area contributed by atoms with Crippen molar-refractivity contribution in [1.82, 2.24) is 25.1 Å². The fourth-order valence-electron chi connectivity index (χ4n) is 3.34. The molecule has 1 aliphatic carbocycles. The number of aromatic nitrogens is 4. The van der Waals surface area contributed by atoms with Crippen LogP contribution in [-0.4, -0.2) is 37.5 Å². The van der Waals surface area contributed by atoms with E-state index in [4.69, 9.17) is 11.6 Å². The van der Waals surface area contributed by atoms with Gasteiger partial charge in [0.05, 0.1) is 16.5 Å². The van der Waals surface area contributed by atoms with Gasteiger partial charge < -0.3 is 5.32 Å². The zero-order valence-corrected chi connectivity index (χ0v) is 16.8. The summed E-state index contributed by atoms with van der Waals surface area (Å²) in [5, 5.41) is 12.9. The summed E-state index contributed by atoms with van der Waals surface area (Å²) in [5.41, 5.74) is 1.45. The predicted octanol–water partition coefficient (Wildman–Crippen LogP) is 4.13. The molecule has 4 rings (SSSR count). The molecule has 144 valence electrons. The lowest BCUT2D eigenvalue weighted by molar-refractivity contribution is -0.119. The molecule has 1 N–H and O–H groups in total. The number of benzene rings is 1. The zero-order chi connectivity index (χ0) is 19.3. The Morgan fingerprint density at radius 2 is 1.93 bits per heavy atom. The van der Waals surface area contributed by atoms with Crippen LogP contribution in [0.2, 0.25) is 5.02 Å². The van der Waals surface area contributed by atoms with Gasteiger partial charge in [-0.15, -0.1) is 10.2 Å². The molecule has 0 spiro atoms. The number of rotatable bonds is 6. The van der Waals surface area contributed by atoms with Gasteiger partial charge in [-0.1, -0.05) is 54.4 Å². The SMILES string of the molecule is O=C(CSc1nnc(-c2ccccn2)n1-c1ccccc1Cl)NC1CCCC1. The van der Waals surface area contributed by atoms with Gasteiger partial charge in [-0.25, -0.2) is 0 Å². The van der Waals surface area contributed by atoms with Crippen LogP contribution in [0.25, 0.3) is 17.2 Å². The predicted molar refractivity (Wildman–Crippen MR) is 111 cm³/mol. The van der Waals surface area contributed by atoms with Crippen molar-refractivity contribution in [3.8, 4) is 17.2 Å². The highest BCUT2D eigenvalue weighted by atomic mass is 35.5. The highest BCUT2D eigenvalue weighted by Crippen LogP contribution is 2.30. The maximum absolute atomic E-state index is 12.3. The molecule has 2 heterocycles. The van der Waals surface area contributed by atoms with E-state index in [2.05, 4.69) is 20.5 Å². The van der Waals surface area contributed by atoms with E-state index in [1.807, 2.05) is 47.0 Å². The van der Waals surface area contributed by atoms with Gasteiger partial charge in [-0.2, -0.15) is 0 Å². The minimum absolute atomic E-state index is 0.0185. The zero-order valence-electron chi connectivity index (χ0n) is 15.2. The number of hydrogen-bond acceptors (Lipinski definition) is 5. The fourth-order valence-corrected chi connectivity index (χ4v) is 4.32. The van der Waals surface area contributed by atoms with Crippen LogP contribution in [0.3, 0.4) is 0 Å². The van der Waals surface area contributed by atoms with Crippen LogP contribution in [-0.2, 0) is 4.79 Å². The van der Waals surface area contributed by atoms with E-state index in [9.17, 15) is 4.79 Å². The van der Waals surface area contributed by atoms with Crippen LogP contribution < -0.4 is 5.32 Å². The lowest BCUT2D eigenvalue weighted by Crippen LogP contribution is -2.33. The quantitative estimate of drug-likeness (QED) is 0.615. The third-order valence-electron chi connectivity index (χ3n) is 4.67. The molecule has 0 radical (unpaired) electrons. The van der Waals surface area contributed by atoms with Crippen molar-refractivity contribution < 1.29 is 4.79 Å². The van der Waals surface area contributed by atoms with Crippen LogP contribution in [0.4, 0.5) is 0 Å². The van der Waals surface area contributed by atoms with Crippen molar-refractivity contribution in [1.29, 1.82) is 0 Å². The number of thioether (sulfide) groups is 1. The van der Waals surface area contributed by atoms with E-state index in [0.29, 0.717) is 27.7 Å². The first-order chi connectivity index (χ1) is 13.7. The summed E-state index contributed by atoms with van der Waals surface area (Å²) in [7, 11) is 0. The first kappa shape index (κ1) is 19.0. The van der Waals surface area contributed by atoms with Gasteiger partial charge in [0, 0.05) is 12.2 Å². The second-order valence-corrected chi connectivity index (χ2v) is 8.00. The largest absolute Gasteiger partial charge is 0.353 e. The van der Waals surface area contributed by atoms with Crippen molar-refractivity contribution in [2.24, 2.45) is 0 Å². The summed E-state index contributed by atoms with van der Waals surface area (Å²) < 4.78 is 1.86. The number of hydrogen-bond donors (Lipinski definition) is 1. The van der Waals surface area contributed by atoms with Gasteiger partial charge in [0.1, 0.15) is 5.69 Å². The summed E-state index contributed by atoms with van der Waals surface area (Å²) >= 11 is 7.79. The number of carbonyl (C=O) groups is 1. The second-order valence-electron chi connectivity index (χ2n) is 6.65. The van der Waals surface area contributed by atoms with Gasteiger partial charge in [0.2, 0.25) is 5.91 Å². The van der Waals surface area contributed by atoms with Crippen molar-refractivity contribution in [2.45, 2.75) is 36.9 Å². The molecular formula is C20H20ClN5OS. The maximum atomic E-state index is 12.3. The summed E-state index contributed by atoms with van der Waals surface area (Å²) in [6.07, 6.45) is 6.22. The van der Waals surface area contributed by atoms with Crippen LogP contribution in [0.1, 0.15) is 25.7 Å².